The zero-order valence-corrected chi connectivity index (χ0v) is 28.9. The Balaban J connectivity index is 1.26. The fourth-order valence-electron chi connectivity index (χ4n) is 8.02. The summed E-state index contributed by atoms with van der Waals surface area (Å²) in [6, 6.07) is 6.05. The number of fused-ring (bicyclic) bond motifs is 2. The number of amides is 1. The highest BCUT2D eigenvalue weighted by Crippen LogP contribution is 2.54. The summed E-state index contributed by atoms with van der Waals surface area (Å²) in [5, 5.41) is 8.70. The van der Waals surface area contributed by atoms with Crippen molar-refractivity contribution in [1.82, 2.24) is 30.0 Å². The molecule has 1 N–H and O–H groups in total. The smallest absolute Gasteiger partial charge is 0.422 e. The lowest BCUT2D eigenvalue weighted by molar-refractivity contribution is -0.153. The van der Waals surface area contributed by atoms with Crippen LogP contribution in [0, 0.1) is 12.3 Å². The van der Waals surface area contributed by atoms with E-state index in [2.05, 4.69) is 32.6 Å². The number of aromatic nitrogens is 4. The van der Waals surface area contributed by atoms with Gasteiger partial charge < -0.3 is 28.9 Å². The lowest BCUT2D eigenvalue weighted by atomic mass is 9.72. The molecule has 51 heavy (non-hydrogen) atoms. The number of carbonyl (C=O) groups is 1. The van der Waals surface area contributed by atoms with Gasteiger partial charge >= 0.3 is 12.2 Å². The predicted molar refractivity (Wildman–Crippen MR) is 186 cm³/mol. The maximum Gasteiger partial charge on any atom is 0.422 e. The van der Waals surface area contributed by atoms with Gasteiger partial charge in [0.2, 0.25) is 5.91 Å². The first-order valence-corrected chi connectivity index (χ1v) is 17.6. The average Bonchev–Trinajstić information content (AvgIpc) is 3.81. The summed E-state index contributed by atoms with van der Waals surface area (Å²) in [5.74, 6) is 0.744. The van der Waals surface area contributed by atoms with E-state index >= 15 is 0 Å². The van der Waals surface area contributed by atoms with Crippen molar-refractivity contribution in [2.24, 2.45) is 5.41 Å². The molecule has 1 amide bonds. The molecule has 3 saturated heterocycles. The summed E-state index contributed by atoms with van der Waals surface area (Å²) in [4.78, 5) is 28.3. The van der Waals surface area contributed by atoms with Gasteiger partial charge in [0.05, 0.1) is 18.3 Å². The molecule has 2 aromatic heterocycles. The molecule has 0 radical (unpaired) electrons. The van der Waals surface area contributed by atoms with E-state index in [1.54, 1.807) is 18.2 Å². The summed E-state index contributed by atoms with van der Waals surface area (Å²) in [6.45, 7) is 9.75. The van der Waals surface area contributed by atoms with Crippen LogP contribution in [-0.2, 0) is 9.53 Å². The van der Waals surface area contributed by atoms with Crippen LogP contribution in [0.4, 0.5) is 19.0 Å². The molecule has 4 fully saturated rings. The van der Waals surface area contributed by atoms with Gasteiger partial charge in [0.1, 0.15) is 17.4 Å². The van der Waals surface area contributed by atoms with Crippen LogP contribution < -0.4 is 14.4 Å². The fraction of sp³-hybridized carbons (Fsp3) is 0.514. The normalized spacial score (nSPS) is 19.4. The number of H-pyrrole nitrogens is 1. The molecule has 270 valence electrons. The van der Waals surface area contributed by atoms with Gasteiger partial charge in [-0.15, -0.1) is 0 Å². The van der Waals surface area contributed by atoms with E-state index in [9.17, 15) is 18.0 Å². The van der Waals surface area contributed by atoms with Crippen molar-refractivity contribution in [3.05, 3.63) is 48.2 Å². The number of methoxy groups -OCH3 is 1. The minimum absolute atomic E-state index is 0.0745. The lowest BCUT2D eigenvalue weighted by Gasteiger charge is -2.60. The molecule has 8 rings (SSSR count). The van der Waals surface area contributed by atoms with Crippen LogP contribution in [0.3, 0.4) is 0 Å². The predicted octanol–water partition coefficient (Wildman–Crippen LogP) is 5.62. The van der Waals surface area contributed by atoms with Crippen molar-refractivity contribution in [3.63, 3.8) is 0 Å². The van der Waals surface area contributed by atoms with Gasteiger partial charge in [-0.05, 0) is 73.4 Å². The Kier molecular flexibility index (Phi) is 8.56. The Bertz CT molecular complexity index is 1970. The number of nitrogens with zero attached hydrogens (tertiary/aromatic N) is 6. The Morgan fingerprint density at radius 3 is 2.53 bits per heavy atom. The van der Waals surface area contributed by atoms with Crippen LogP contribution in [0.15, 0.2) is 37.1 Å². The van der Waals surface area contributed by atoms with E-state index in [4.69, 9.17) is 24.2 Å². The molecule has 1 aliphatic carbocycles. The summed E-state index contributed by atoms with van der Waals surface area (Å²) in [6.07, 6.45) is 1.65. The minimum atomic E-state index is -4.58. The highest BCUT2D eigenvalue weighted by atomic mass is 19.4. The monoisotopic (exact) mass is 705 g/mol. The van der Waals surface area contributed by atoms with Crippen LogP contribution in [0.1, 0.15) is 42.7 Å². The molecule has 1 spiro atoms. The van der Waals surface area contributed by atoms with Gasteiger partial charge in [0.15, 0.2) is 12.4 Å². The summed E-state index contributed by atoms with van der Waals surface area (Å²) >= 11 is 0. The first-order valence-electron chi connectivity index (χ1n) is 17.6. The number of carbonyl (C=O) groups excluding carboxylic acids is 1. The number of likely N-dealkylation sites (tertiary alicyclic amines) is 2. The maximum absolute atomic E-state index is 14.0. The molecule has 5 heterocycles. The van der Waals surface area contributed by atoms with E-state index in [0.29, 0.717) is 49.6 Å². The van der Waals surface area contributed by atoms with Crippen molar-refractivity contribution in [2.45, 2.75) is 50.8 Å². The summed E-state index contributed by atoms with van der Waals surface area (Å²) < 4.78 is 59.6. The standard InChI is InChI=1S/C37H42F3N7O4/c1-4-29(48)46-17-36(18-46)19-47(20-36)34-26-15-25(23-6-7-23)31(30-22(2)5-8-28-27(30)16-41-44-28)33(50-21-37(38,39)40)32(26)42-35(43-34)51-24-9-11-45(12-10-24)13-14-49-3/h4-5,8,15-16,23-24H,1,6-7,9-14,17-21H2,2-3H3,(H,41,44). The quantitative estimate of drug-likeness (QED) is 0.199. The highest BCUT2D eigenvalue weighted by Gasteiger charge is 2.53. The van der Waals surface area contributed by atoms with Crippen LogP contribution >= 0.6 is 0 Å². The number of alkyl halides is 3. The van der Waals surface area contributed by atoms with Crippen LogP contribution in [0.25, 0.3) is 32.9 Å². The third-order valence-electron chi connectivity index (χ3n) is 10.7. The van der Waals surface area contributed by atoms with Crippen molar-refractivity contribution < 1.29 is 32.2 Å². The lowest BCUT2D eigenvalue weighted by Crippen LogP contribution is -2.73. The molecular weight excluding hydrogens is 663 g/mol. The average molecular weight is 706 g/mol. The van der Waals surface area contributed by atoms with Crippen molar-refractivity contribution >= 4 is 33.5 Å². The number of nitrogens with one attached hydrogen (secondary N) is 1. The zero-order chi connectivity index (χ0) is 35.5. The molecule has 1 saturated carbocycles. The number of anilines is 1. The molecule has 0 bridgehead atoms. The van der Waals surface area contributed by atoms with Gasteiger partial charge in [-0.1, -0.05) is 12.6 Å². The maximum atomic E-state index is 14.0. The largest absolute Gasteiger partial charge is 0.481 e. The van der Waals surface area contributed by atoms with Gasteiger partial charge in [-0.2, -0.15) is 28.2 Å². The number of aromatic amines is 1. The Morgan fingerprint density at radius 1 is 1.08 bits per heavy atom. The second kappa shape index (κ2) is 13.0. The van der Waals surface area contributed by atoms with Crippen LogP contribution in [0.2, 0.25) is 0 Å². The molecule has 4 aliphatic rings. The van der Waals surface area contributed by atoms with E-state index in [-0.39, 0.29) is 40.6 Å². The van der Waals surface area contributed by atoms with E-state index < -0.39 is 12.8 Å². The second-order valence-corrected chi connectivity index (χ2v) is 14.6. The van der Waals surface area contributed by atoms with Crippen LogP contribution in [-0.4, -0.2) is 114 Å². The number of rotatable bonds is 11. The van der Waals surface area contributed by atoms with Gasteiger partial charge in [-0.25, -0.2) is 0 Å². The van der Waals surface area contributed by atoms with E-state index in [0.717, 1.165) is 72.9 Å². The Hall–Kier alpha value is -4.43. The molecule has 11 nitrogen and oxygen atoms in total. The van der Waals surface area contributed by atoms with Gasteiger partial charge in [-0.3, -0.25) is 9.89 Å². The van der Waals surface area contributed by atoms with E-state index in [1.807, 2.05) is 19.1 Å². The molecular formula is C37H42F3N7O4. The van der Waals surface area contributed by atoms with Crippen molar-refractivity contribution in [3.8, 4) is 22.9 Å². The molecule has 3 aliphatic heterocycles. The Labute approximate surface area is 293 Å². The van der Waals surface area contributed by atoms with Crippen molar-refractivity contribution in [2.75, 3.05) is 71.0 Å². The molecule has 0 unspecified atom stereocenters. The van der Waals surface area contributed by atoms with Gasteiger partial charge in [0, 0.05) is 74.7 Å². The summed E-state index contributed by atoms with van der Waals surface area (Å²) in [5.41, 5.74) is 4.18. The number of benzene rings is 2. The number of ether oxygens (including phenoxy) is 3. The minimum Gasteiger partial charge on any atom is -0.481 e. The number of hydrogen-bond acceptors (Lipinski definition) is 9. The second-order valence-electron chi connectivity index (χ2n) is 14.6. The van der Waals surface area contributed by atoms with Crippen LogP contribution in [0.5, 0.6) is 11.8 Å². The zero-order valence-electron chi connectivity index (χ0n) is 28.9. The number of piperidine rings is 1. The highest BCUT2D eigenvalue weighted by molar-refractivity contribution is 6.06. The van der Waals surface area contributed by atoms with E-state index in [1.165, 1.54) is 6.08 Å². The number of halogens is 3. The molecule has 14 heteroatoms. The van der Waals surface area contributed by atoms with Crippen molar-refractivity contribution in [1.29, 1.82) is 0 Å². The third kappa shape index (κ3) is 6.48. The third-order valence-corrected chi connectivity index (χ3v) is 10.7. The number of hydrogen-bond donors (Lipinski definition) is 1. The summed E-state index contributed by atoms with van der Waals surface area (Å²) in [7, 11) is 1.69. The molecule has 4 aromatic rings. The topological polar surface area (TPSA) is 109 Å². The first kappa shape index (κ1) is 33.7. The molecule has 0 atom stereocenters. The fourth-order valence-corrected chi connectivity index (χ4v) is 8.02. The first-order chi connectivity index (χ1) is 24.5. The Morgan fingerprint density at radius 2 is 1.84 bits per heavy atom. The SMILES string of the molecule is C=CC(=O)N1CC2(C1)CN(c1nc(OC3CCN(CCOC)CC3)nc3c(OCC(F)(F)F)c(-c4c(C)ccc5[nH]ncc45)c(C4CC4)cc13)C2. The van der Waals surface area contributed by atoms with Gasteiger partial charge in [0.25, 0.3) is 0 Å². The number of aryl methyl sites for hydroxylation is 1. The molecule has 2 aromatic carbocycles.